The van der Waals surface area contributed by atoms with Crippen molar-refractivity contribution in [2.45, 2.75) is 6.42 Å². The number of benzene rings is 2. The lowest BCUT2D eigenvalue weighted by Gasteiger charge is -2.17. The number of nitrogens with zero attached hydrogens (tertiary/aromatic N) is 2. The number of rotatable bonds is 7. The highest BCUT2D eigenvalue weighted by atomic mass is 79.9. The van der Waals surface area contributed by atoms with Gasteiger partial charge in [0, 0.05) is 35.9 Å². The standard InChI is InChI=1S/C19H19BrN4O4/c20-13-4-3-5-14(12-13)23-11-8-15(19(23)26)18(25)22-10-9-21-16-6-1-2-7-17(16)24(27)28/h1-7,12,15,21H,8-11H2,(H,22,25). The minimum absolute atomic E-state index is 0.0236. The first-order valence-corrected chi connectivity index (χ1v) is 9.58. The van der Waals surface area contributed by atoms with Crippen molar-refractivity contribution in [1.29, 1.82) is 0 Å². The number of nitro benzene ring substituents is 1. The van der Waals surface area contributed by atoms with Crippen LogP contribution in [0.4, 0.5) is 17.1 Å². The highest BCUT2D eigenvalue weighted by Crippen LogP contribution is 2.27. The van der Waals surface area contributed by atoms with Crippen LogP contribution in [-0.4, -0.2) is 36.4 Å². The Morgan fingerprint density at radius 2 is 2.00 bits per heavy atom. The van der Waals surface area contributed by atoms with E-state index in [0.717, 1.165) is 10.2 Å². The fourth-order valence-corrected chi connectivity index (χ4v) is 3.50. The molecule has 2 N–H and O–H groups in total. The molecule has 2 aromatic carbocycles. The molecule has 0 bridgehead atoms. The van der Waals surface area contributed by atoms with Crippen molar-refractivity contribution >= 4 is 44.8 Å². The number of halogens is 1. The van der Waals surface area contributed by atoms with Gasteiger partial charge in [0.25, 0.3) is 5.69 Å². The van der Waals surface area contributed by atoms with Crippen LogP contribution in [0, 0.1) is 16.0 Å². The van der Waals surface area contributed by atoms with Crippen LogP contribution in [0.5, 0.6) is 0 Å². The zero-order chi connectivity index (χ0) is 20.1. The minimum Gasteiger partial charge on any atom is -0.378 e. The molecule has 1 heterocycles. The van der Waals surface area contributed by atoms with E-state index in [1.54, 1.807) is 23.1 Å². The molecule has 1 fully saturated rings. The summed E-state index contributed by atoms with van der Waals surface area (Å²) >= 11 is 3.38. The van der Waals surface area contributed by atoms with E-state index in [2.05, 4.69) is 26.6 Å². The molecule has 1 unspecified atom stereocenters. The summed E-state index contributed by atoms with van der Waals surface area (Å²) in [5, 5.41) is 16.7. The summed E-state index contributed by atoms with van der Waals surface area (Å²) in [6.07, 6.45) is 0.453. The number of carbonyl (C=O) groups excluding carboxylic acids is 2. The number of hydrogen-bond acceptors (Lipinski definition) is 5. The Hall–Kier alpha value is -2.94. The maximum atomic E-state index is 12.6. The number of carbonyl (C=O) groups is 2. The first kappa shape index (κ1) is 19.8. The van der Waals surface area contributed by atoms with Crippen LogP contribution in [0.2, 0.25) is 0 Å². The van der Waals surface area contributed by atoms with Gasteiger partial charge in [-0.05, 0) is 30.7 Å². The summed E-state index contributed by atoms with van der Waals surface area (Å²) in [5.41, 5.74) is 1.12. The number of amides is 2. The summed E-state index contributed by atoms with van der Waals surface area (Å²) in [5.74, 6) is -1.26. The molecule has 1 aliphatic heterocycles. The molecular formula is C19H19BrN4O4. The maximum absolute atomic E-state index is 12.6. The molecule has 146 valence electrons. The van der Waals surface area contributed by atoms with Crippen molar-refractivity contribution in [3.05, 3.63) is 63.1 Å². The zero-order valence-corrected chi connectivity index (χ0v) is 16.5. The monoisotopic (exact) mass is 446 g/mol. The lowest BCUT2D eigenvalue weighted by Crippen LogP contribution is -2.38. The van der Waals surface area contributed by atoms with Crippen LogP contribution >= 0.6 is 15.9 Å². The number of hydrogen-bond donors (Lipinski definition) is 2. The fourth-order valence-electron chi connectivity index (χ4n) is 3.11. The quantitative estimate of drug-likeness (QED) is 0.294. The normalized spacial score (nSPS) is 16.1. The van der Waals surface area contributed by atoms with Crippen molar-refractivity contribution in [3.63, 3.8) is 0 Å². The third kappa shape index (κ3) is 4.48. The van der Waals surface area contributed by atoms with E-state index in [0.29, 0.717) is 25.2 Å². The number of nitro groups is 1. The molecule has 2 amide bonds. The summed E-state index contributed by atoms with van der Waals surface area (Å²) in [6.45, 7) is 1.06. The van der Waals surface area contributed by atoms with E-state index in [-0.39, 0.29) is 24.0 Å². The Balaban J connectivity index is 1.51. The van der Waals surface area contributed by atoms with E-state index >= 15 is 0 Å². The topological polar surface area (TPSA) is 105 Å². The summed E-state index contributed by atoms with van der Waals surface area (Å²) in [7, 11) is 0. The van der Waals surface area contributed by atoms with Gasteiger partial charge in [-0.25, -0.2) is 0 Å². The first-order valence-electron chi connectivity index (χ1n) is 8.79. The molecule has 28 heavy (non-hydrogen) atoms. The second-order valence-electron chi connectivity index (χ2n) is 6.30. The smallest absolute Gasteiger partial charge is 0.292 e. The van der Waals surface area contributed by atoms with E-state index in [1.807, 2.05) is 24.3 Å². The molecule has 0 spiro atoms. The van der Waals surface area contributed by atoms with Gasteiger partial charge < -0.3 is 15.5 Å². The third-order valence-electron chi connectivity index (χ3n) is 4.48. The van der Waals surface area contributed by atoms with Crippen LogP contribution in [-0.2, 0) is 9.59 Å². The van der Waals surface area contributed by atoms with Crippen LogP contribution in [0.1, 0.15) is 6.42 Å². The second-order valence-corrected chi connectivity index (χ2v) is 7.22. The lowest BCUT2D eigenvalue weighted by atomic mass is 10.1. The van der Waals surface area contributed by atoms with Gasteiger partial charge >= 0.3 is 0 Å². The van der Waals surface area contributed by atoms with Crippen LogP contribution < -0.4 is 15.5 Å². The lowest BCUT2D eigenvalue weighted by molar-refractivity contribution is -0.384. The van der Waals surface area contributed by atoms with Gasteiger partial charge in [-0.1, -0.05) is 34.1 Å². The largest absolute Gasteiger partial charge is 0.378 e. The zero-order valence-electron chi connectivity index (χ0n) is 14.9. The second kappa shape index (κ2) is 8.83. The Bertz CT molecular complexity index is 905. The van der Waals surface area contributed by atoms with Crippen molar-refractivity contribution in [1.82, 2.24) is 5.32 Å². The highest BCUT2D eigenvalue weighted by molar-refractivity contribution is 9.10. The Morgan fingerprint density at radius 1 is 1.21 bits per heavy atom. The molecule has 9 heteroatoms. The van der Waals surface area contributed by atoms with Gasteiger partial charge in [-0.15, -0.1) is 0 Å². The Morgan fingerprint density at radius 3 is 2.75 bits per heavy atom. The molecule has 2 aromatic rings. The van der Waals surface area contributed by atoms with Crippen LogP contribution in [0.3, 0.4) is 0 Å². The SMILES string of the molecule is O=C(NCCNc1ccccc1[N+](=O)[O-])C1CCN(c2cccc(Br)c2)C1=O. The molecule has 0 radical (unpaired) electrons. The van der Waals surface area contributed by atoms with Gasteiger partial charge in [0.2, 0.25) is 11.8 Å². The molecule has 0 aromatic heterocycles. The average molecular weight is 447 g/mol. The molecule has 8 nitrogen and oxygen atoms in total. The Kier molecular flexibility index (Phi) is 6.25. The van der Waals surface area contributed by atoms with E-state index in [1.165, 1.54) is 6.07 Å². The van der Waals surface area contributed by atoms with E-state index < -0.39 is 10.8 Å². The summed E-state index contributed by atoms with van der Waals surface area (Å²) in [4.78, 5) is 37.1. The summed E-state index contributed by atoms with van der Waals surface area (Å²) in [6, 6.07) is 13.7. The summed E-state index contributed by atoms with van der Waals surface area (Å²) < 4.78 is 0.867. The molecule has 3 rings (SSSR count). The van der Waals surface area contributed by atoms with Gasteiger partial charge in [0.15, 0.2) is 0 Å². The molecule has 1 atom stereocenters. The molecule has 1 aliphatic rings. The number of anilines is 2. The van der Waals surface area contributed by atoms with Gasteiger partial charge in [0.05, 0.1) is 4.92 Å². The van der Waals surface area contributed by atoms with Gasteiger partial charge in [0.1, 0.15) is 11.6 Å². The molecule has 1 saturated heterocycles. The maximum Gasteiger partial charge on any atom is 0.292 e. The predicted octanol–water partition coefficient (Wildman–Crippen LogP) is 2.94. The van der Waals surface area contributed by atoms with Gasteiger partial charge in [-0.2, -0.15) is 0 Å². The Labute approximate surface area is 170 Å². The van der Waals surface area contributed by atoms with E-state index in [9.17, 15) is 19.7 Å². The fraction of sp³-hybridized carbons (Fsp3) is 0.263. The minimum atomic E-state index is -0.718. The van der Waals surface area contributed by atoms with Crippen LogP contribution in [0.25, 0.3) is 0 Å². The molecular weight excluding hydrogens is 428 g/mol. The van der Waals surface area contributed by atoms with Crippen LogP contribution in [0.15, 0.2) is 53.0 Å². The molecule has 0 aliphatic carbocycles. The number of para-hydroxylation sites is 2. The number of nitrogens with one attached hydrogen (secondary N) is 2. The highest BCUT2D eigenvalue weighted by Gasteiger charge is 2.37. The van der Waals surface area contributed by atoms with Crippen molar-refractivity contribution in [3.8, 4) is 0 Å². The first-order chi connectivity index (χ1) is 13.5. The predicted molar refractivity (Wildman–Crippen MR) is 109 cm³/mol. The third-order valence-corrected chi connectivity index (χ3v) is 4.98. The van der Waals surface area contributed by atoms with Gasteiger partial charge in [-0.3, -0.25) is 19.7 Å². The van der Waals surface area contributed by atoms with E-state index in [4.69, 9.17) is 0 Å². The molecule has 0 saturated carbocycles. The van der Waals surface area contributed by atoms with Crippen molar-refractivity contribution in [2.24, 2.45) is 5.92 Å². The average Bonchev–Trinajstić information content (AvgIpc) is 3.07. The van der Waals surface area contributed by atoms with Crippen molar-refractivity contribution < 1.29 is 14.5 Å². The van der Waals surface area contributed by atoms with Crippen molar-refractivity contribution in [2.75, 3.05) is 29.9 Å².